The van der Waals surface area contributed by atoms with Gasteiger partial charge in [0.1, 0.15) is 66.4 Å². The third kappa shape index (κ3) is 17.5. The van der Waals surface area contributed by atoms with Gasteiger partial charge in [-0.3, -0.25) is 38.4 Å². The minimum absolute atomic E-state index is 0.105. The van der Waals surface area contributed by atoms with Crippen molar-refractivity contribution in [3.8, 4) is 5.75 Å². The summed E-state index contributed by atoms with van der Waals surface area (Å²) < 4.78 is 0. The van der Waals surface area contributed by atoms with Crippen molar-refractivity contribution >= 4 is 47.3 Å². The third-order valence-corrected chi connectivity index (χ3v) is 14.4. The SMILES string of the molecule is CC[C@H](C)C[C@H](C)CCCCCCCCC(=O)N[C@@H]1C[C@@H](O)[C@@H](O)NC(=O)[C@@H]2[C@@H](O)[C@@H](O)CN2C(=O)[C@H]([C@H](O)CC(N)=O)NC(=O)[C@H]([C@H](O)[C@@H](O)c2ccc(O)cc2)NC(=O)[C@@H]2C[C@@H](O)CN2C(=O)[C@H]([C@@H](C)O)NC1=O. The van der Waals surface area contributed by atoms with Crippen LogP contribution >= 0.6 is 0 Å². The molecule has 0 aromatic heterocycles. The van der Waals surface area contributed by atoms with Gasteiger partial charge in [-0.2, -0.15) is 0 Å². The molecular weight excluding hydrogens is 1000 g/mol. The van der Waals surface area contributed by atoms with E-state index in [0.717, 1.165) is 74.6 Å². The fourth-order valence-electron chi connectivity index (χ4n) is 9.80. The number of aliphatic hydroxyl groups excluding tert-OH is 9. The maximum Gasteiger partial charge on any atom is 0.248 e. The number of carbonyl (C=O) groups excluding carboxylic acids is 8. The van der Waals surface area contributed by atoms with E-state index in [-0.39, 0.29) is 17.7 Å². The van der Waals surface area contributed by atoms with Crippen molar-refractivity contribution in [2.45, 2.75) is 202 Å². The first kappa shape index (κ1) is 63.0. The number of amides is 8. The van der Waals surface area contributed by atoms with E-state index >= 15 is 0 Å². The predicted octanol–water partition coefficient (Wildman–Crippen LogP) is -4.37. The monoisotopic (exact) mass is 1080 g/mol. The van der Waals surface area contributed by atoms with Crippen LogP contribution in [-0.4, -0.2) is 206 Å². The molecule has 428 valence electrons. The van der Waals surface area contributed by atoms with Gasteiger partial charge in [0.05, 0.1) is 37.4 Å². The minimum atomic E-state index is -2.41. The molecule has 0 aliphatic carbocycles. The Morgan fingerprint density at radius 1 is 0.697 bits per heavy atom. The number of phenols is 1. The van der Waals surface area contributed by atoms with Crippen LogP contribution in [0, 0.1) is 11.8 Å². The number of hydrogen-bond donors (Lipinski definition) is 16. The number of benzene rings is 1. The van der Waals surface area contributed by atoms with E-state index < -0.39 is 171 Å². The second kappa shape index (κ2) is 29.2. The molecule has 0 bridgehead atoms. The van der Waals surface area contributed by atoms with Gasteiger partial charge in [0.25, 0.3) is 0 Å². The molecule has 3 fully saturated rings. The summed E-state index contributed by atoms with van der Waals surface area (Å²) in [4.78, 5) is 112. The van der Waals surface area contributed by atoms with Gasteiger partial charge >= 0.3 is 0 Å². The van der Waals surface area contributed by atoms with Crippen molar-refractivity contribution in [2.24, 2.45) is 17.6 Å². The van der Waals surface area contributed by atoms with Crippen LogP contribution in [0.15, 0.2) is 24.3 Å². The zero-order chi connectivity index (χ0) is 56.7. The van der Waals surface area contributed by atoms with Gasteiger partial charge in [-0.1, -0.05) is 77.8 Å². The largest absolute Gasteiger partial charge is 0.508 e. The quantitative estimate of drug-likeness (QED) is 0.0549. The normalized spacial score (nSPS) is 29.8. The number of nitrogens with zero attached hydrogens (tertiary/aromatic N) is 2. The van der Waals surface area contributed by atoms with Crippen molar-refractivity contribution < 1.29 is 89.4 Å². The lowest BCUT2D eigenvalue weighted by Gasteiger charge is -2.34. The molecule has 26 heteroatoms. The predicted molar refractivity (Wildman–Crippen MR) is 267 cm³/mol. The van der Waals surface area contributed by atoms with Crippen LogP contribution in [-0.2, 0) is 38.4 Å². The molecule has 3 aliphatic rings. The Hall–Kier alpha value is -5.58. The Bertz CT molecular complexity index is 2140. The molecule has 17 atom stereocenters. The summed E-state index contributed by atoms with van der Waals surface area (Å²) in [6.45, 7) is 6.24. The highest BCUT2D eigenvalue weighted by molar-refractivity contribution is 5.98. The molecule has 3 heterocycles. The van der Waals surface area contributed by atoms with Gasteiger partial charge in [0.15, 0.2) is 6.23 Å². The first-order valence-corrected chi connectivity index (χ1v) is 26.1. The van der Waals surface area contributed by atoms with Crippen LogP contribution in [0.25, 0.3) is 0 Å². The molecular formula is C50H80N8O18. The number of unbranched alkanes of at least 4 members (excludes halogenated alkanes) is 5. The van der Waals surface area contributed by atoms with E-state index in [2.05, 4.69) is 42.0 Å². The molecule has 4 rings (SSSR count). The van der Waals surface area contributed by atoms with Crippen LogP contribution in [0.5, 0.6) is 5.75 Å². The maximum atomic E-state index is 14.4. The second-order valence-corrected chi connectivity index (χ2v) is 20.7. The topological polar surface area (TPSA) is 432 Å². The summed E-state index contributed by atoms with van der Waals surface area (Å²) in [5.74, 6) is -9.18. The summed E-state index contributed by atoms with van der Waals surface area (Å²) in [7, 11) is 0. The molecule has 17 N–H and O–H groups in total. The van der Waals surface area contributed by atoms with Gasteiger partial charge in [-0.25, -0.2) is 0 Å². The molecule has 0 spiro atoms. The number of primary amides is 1. The third-order valence-electron chi connectivity index (χ3n) is 14.4. The molecule has 0 unspecified atom stereocenters. The zero-order valence-electron chi connectivity index (χ0n) is 43.4. The van der Waals surface area contributed by atoms with Gasteiger partial charge in [0, 0.05) is 25.8 Å². The highest BCUT2D eigenvalue weighted by atomic mass is 16.4. The van der Waals surface area contributed by atoms with Gasteiger partial charge in [-0.05, 0) is 49.3 Å². The number of phenolic OH excluding ortho intramolecular Hbond substituents is 1. The molecule has 8 amide bonds. The molecule has 76 heavy (non-hydrogen) atoms. The molecule has 3 saturated heterocycles. The summed E-state index contributed by atoms with van der Waals surface area (Å²) in [5.41, 5.74) is 5.16. The number of hydrogen-bond acceptors (Lipinski definition) is 18. The second-order valence-electron chi connectivity index (χ2n) is 20.7. The Balaban J connectivity index is 1.71. The number of aliphatic hydroxyl groups is 9. The van der Waals surface area contributed by atoms with Crippen LogP contribution in [0.4, 0.5) is 0 Å². The molecule has 0 saturated carbocycles. The lowest BCUT2D eigenvalue weighted by molar-refractivity contribution is -0.149. The molecule has 1 aromatic carbocycles. The average Bonchev–Trinajstić information content (AvgIpc) is 3.90. The van der Waals surface area contributed by atoms with Crippen LogP contribution in [0.2, 0.25) is 0 Å². The number of rotatable bonds is 20. The Morgan fingerprint density at radius 2 is 1.29 bits per heavy atom. The smallest absolute Gasteiger partial charge is 0.248 e. The lowest BCUT2D eigenvalue weighted by atomic mass is 9.91. The number of nitrogens with two attached hydrogens (primary N) is 1. The Kier molecular flexibility index (Phi) is 24.2. The van der Waals surface area contributed by atoms with Crippen LogP contribution < -0.4 is 32.3 Å². The van der Waals surface area contributed by atoms with Crippen LogP contribution in [0.3, 0.4) is 0 Å². The fourth-order valence-corrected chi connectivity index (χ4v) is 9.80. The van der Waals surface area contributed by atoms with Crippen molar-refractivity contribution in [2.75, 3.05) is 13.1 Å². The Labute approximate surface area is 440 Å². The summed E-state index contributed by atoms with van der Waals surface area (Å²) in [6, 6.07) is -8.01. The fraction of sp³-hybridized carbons (Fsp3) is 0.720. The van der Waals surface area contributed by atoms with E-state index in [1.54, 1.807) is 0 Å². The Morgan fingerprint density at radius 3 is 1.91 bits per heavy atom. The minimum Gasteiger partial charge on any atom is -0.508 e. The van der Waals surface area contributed by atoms with Crippen molar-refractivity contribution in [3.63, 3.8) is 0 Å². The summed E-state index contributed by atoms with van der Waals surface area (Å²) in [6.07, 6.45) is -12.9. The number of carbonyl (C=O) groups is 8. The zero-order valence-corrected chi connectivity index (χ0v) is 43.4. The van der Waals surface area contributed by atoms with E-state index in [1.165, 1.54) is 6.42 Å². The number of aromatic hydroxyl groups is 1. The van der Waals surface area contributed by atoms with E-state index in [4.69, 9.17) is 5.73 Å². The number of fused-ring (bicyclic) bond motifs is 2. The van der Waals surface area contributed by atoms with Crippen molar-refractivity contribution in [1.82, 2.24) is 36.4 Å². The van der Waals surface area contributed by atoms with Gasteiger partial charge in [0.2, 0.25) is 47.3 Å². The molecule has 26 nitrogen and oxygen atoms in total. The van der Waals surface area contributed by atoms with Crippen molar-refractivity contribution in [3.05, 3.63) is 29.8 Å². The summed E-state index contributed by atoms with van der Waals surface area (Å²) in [5, 5.41) is 121. The van der Waals surface area contributed by atoms with E-state index in [0.29, 0.717) is 29.6 Å². The van der Waals surface area contributed by atoms with Crippen LogP contribution in [0.1, 0.15) is 123 Å². The lowest BCUT2D eigenvalue weighted by Crippen LogP contribution is -2.64. The maximum absolute atomic E-state index is 14.4. The molecule has 1 aromatic rings. The van der Waals surface area contributed by atoms with E-state index in [9.17, 15) is 89.4 Å². The standard InChI is InChI=1S/C50H80N8O18/c1-5-24(2)18-25(3)12-10-8-6-7-9-11-13-36(66)52-30-20-33(63)46(72)56-48(74)40-42(68)34(64)23-58(40)50(76)38(32(62)21-35(51)65)54-47(73)39(43(69)41(67)27-14-16-28(60)17-15-27)55-45(71)31-19-29(61)22-57(31)49(75)37(26(4)59)53-44(30)70/h14-17,24-26,29-34,37-43,46,59-64,67-69,72H,5-13,18-23H2,1-4H3,(H2,51,65)(H,52,66)(H,53,70)(H,54,73)(H,55,71)(H,56,74)/t24-,25+,26+,29+,30+,31-,32+,33+,34-,37-,38-,39-,40-,41-,42-,43-,46+/m0/s1. The van der Waals surface area contributed by atoms with Gasteiger partial charge < -0.3 is 93.2 Å². The first-order chi connectivity index (χ1) is 35.7. The average molecular weight is 1080 g/mol. The van der Waals surface area contributed by atoms with Crippen molar-refractivity contribution in [1.29, 1.82) is 0 Å². The highest BCUT2D eigenvalue weighted by Crippen LogP contribution is 2.27. The first-order valence-electron chi connectivity index (χ1n) is 26.1. The summed E-state index contributed by atoms with van der Waals surface area (Å²) >= 11 is 0. The highest BCUT2D eigenvalue weighted by Gasteiger charge is 2.51. The van der Waals surface area contributed by atoms with E-state index in [1.807, 2.05) is 5.32 Å². The number of nitrogens with one attached hydrogen (secondary N) is 5. The molecule has 0 radical (unpaired) electrons. The van der Waals surface area contributed by atoms with Gasteiger partial charge in [-0.15, -0.1) is 0 Å². The molecule has 3 aliphatic heterocycles.